The van der Waals surface area contributed by atoms with Gasteiger partial charge in [-0.1, -0.05) is 24.3 Å². The van der Waals surface area contributed by atoms with Gasteiger partial charge >= 0.3 is 5.97 Å². The second-order valence-electron chi connectivity index (χ2n) is 4.04. The number of carboxylic acid groups (broad SMARTS) is 1. The third-order valence-electron chi connectivity index (χ3n) is 2.76. The van der Waals surface area contributed by atoms with Crippen LogP contribution in [0.2, 0.25) is 0 Å². The van der Waals surface area contributed by atoms with Crippen LogP contribution in [0.4, 0.5) is 0 Å². The van der Waals surface area contributed by atoms with Crippen LogP contribution in [0.15, 0.2) is 40.8 Å². The Labute approximate surface area is 110 Å². The Bertz CT molecular complexity index is 573. The van der Waals surface area contributed by atoms with E-state index >= 15 is 0 Å². The summed E-state index contributed by atoms with van der Waals surface area (Å²) in [6, 6.07) is 10.00. The maximum atomic E-state index is 10.7. The molecule has 0 aliphatic heterocycles. The van der Waals surface area contributed by atoms with E-state index in [0.717, 1.165) is 5.56 Å². The molecule has 0 saturated heterocycles. The van der Waals surface area contributed by atoms with Gasteiger partial charge < -0.3 is 19.4 Å². The van der Waals surface area contributed by atoms with Crippen molar-refractivity contribution in [1.82, 2.24) is 0 Å². The number of rotatable bonds is 5. The lowest BCUT2D eigenvalue weighted by molar-refractivity contribution is 0.0654. The molecule has 0 amide bonds. The quantitative estimate of drug-likeness (QED) is 0.863. The molecule has 0 bridgehead atoms. The van der Waals surface area contributed by atoms with Gasteiger partial charge in [0.2, 0.25) is 5.76 Å². The van der Waals surface area contributed by atoms with E-state index in [-0.39, 0.29) is 11.5 Å². The number of ether oxygens (including phenoxy) is 1. The lowest BCUT2D eigenvalue weighted by atomic mass is 10.0. The van der Waals surface area contributed by atoms with Crippen molar-refractivity contribution >= 4 is 5.97 Å². The van der Waals surface area contributed by atoms with E-state index in [1.54, 1.807) is 19.2 Å². The van der Waals surface area contributed by atoms with Gasteiger partial charge in [-0.25, -0.2) is 4.79 Å². The number of aliphatic hydroxyl groups excluding tert-OH is 1. The third kappa shape index (κ3) is 2.83. The van der Waals surface area contributed by atoms with Gasteiger partial charge in [0.15, 0.2) is 0 Å². The van der Waals surface area contributed by atoms with Crippen LogP contribution in [0.25, 0.3) is 0 Å². The maximum Gasteiger partial charge on any atom is 0.371 e. The smallest absolute Gasteiger partial charge is 0.371 e. The zero-order chi connectivity index (χ0) is 13.8. The van der Waals surface area contributed by atoms with Crippen molar-refractivity contribution in [2.24, 2.45) is 0 Å². The molecule has 1 atom stereocenters. The molecule has 1 aromatic carbocycles. The van der Waals surface area contributed by atoms with E-state index in [2.05, 4.69) is 0 Å². The summed E-state index contributed by atoms with van der Waals surface area (Å²) in [4.78, 5) is 10.7. The largest absolute Gasteiger partial charge is 0.475 e. The fourth-order valence-electron chi connectivity index (χ4n) is 1.86. The average molecular weight is 262 g/mol. The molecular weight excluding hydrogens is 248 g/mol. The SMILES string of the molecule is COCc1ccccc1C(O)c1ccc(C(=O)O)o1. The first kappa shape index (κ1) is 13.3. The summed E-state index contributed by atoms with van der Waals surface area (Å²) >= 11 is 0. The third-order valence-corrected chi connectivity index (χ3v) is 2.76. The molecule has 5 heteroatoms. The number of furan rings is 1. The Morgan fingerprint density at radius 1 is 1.32 bits per heavy atom. The Kier molecular flexibility index (Phi) is 3.99. The molecule has 100 valence electrons. The van der Waals surface area contributed by atoms with Gasteiger partial charge in [-0.2, -0.15) is 0 Å². The molecule has 0 aliphatic carbocycles. The van der Waals surface area contributed by atoms with Crippen LogP contribution in [0.1, 0.15) is 33.5 Å². The molecule has 5 nitrogen and oxygen atoms in total. The predicted molar refractivity (Wildman–Crippen MR) is 66.9 cm³/mol. The summed E-state index contributed by atoms with van der Waals surface area (Å²) in [7, 11) is 1.57. The summed E-state index contributed by atoms with van der Waals surface area (Å²) in [5.41, 5.74) is 1.46. The standard InChI is InChI=1S/C14H14O5/c1-18-8-9-4-2-3-5-10(9)13(15)11-6-7-12(19-11)14(16)17/h2-7,13,15H,8H2,1H3,(H,16,17). The number of benzene rings is 1. The second kappa shape index (κ2) is 5.69. The molecule has 0 saturated carbocycles. The minimum atomic E-state index is -1.16. The monoisotopic (exact) mass is 262 g/mol. The van der Waals surface area contributed by atoms with E-state index in [0.29, 0.717) is 12.2 Å². The molecule has 0 spiro atoms. The van der Waals surface area contributed by atoms with Crippen LogP contribution in [0, 0.1) is 0 Å². The molecule has 0 aliphatic rings. The molecule has 1 aromatic heterocycles. The van der Waals surface area contributed by atoms with Crippen LogP contribution in [0.3, 0.4) is 0 Å². The van der Waals surface area contributed by atoms with Crippen molar-refractivity contribution in [2.45, 2.75) is 12.7 Å². The highest BCUT2D eigenvalue weighted by Crippen LogP contribution is 2.26. The van der Waals surface area contributed by atoms with Gasteiger partial charge in [0.05, 0.1) is 6.61 Å². The van der Waals surface area contributed by atoms with Crippen molar-refractivity contribution in [3.63, 3.8) is 0 Å². The van der Waals surface area contributed by atoms with Crippen molar-refractivity contribution < 1.29 is 24.2 Å². The predicted octanol–water partition coefficient (Wildman–Crippen LogP) is 2.21. The lowest BCUT2D eigenvalue weighted by Gasteiger charge is -2.13. The average Bonchev–Trinajstić information content (AvgIpc) is 2.89. The van der Waals surface area contributed by atoms with Crippen molar-refractivity contribution in [3.8, 4) is 0 Å². The Morgan fingerprint density at radius 2 is 2.05 bits per heavy atom. The molecule has 2 rings (SSSR count). The topological polar surface area (TPSA) is 79.9 Å². The number of aromatic carboxylic acids is 1. The Balaban J connectivity index is 2.32. The summed E-state index contributed by atoms with van der Waals surface area (Å²) in [5.74, 6) is -1.16. The number of carbonyl (C=O) groups is 1. The van der Waals surface area contributed by atoms with Crippen LogP contribution < -0.4 is 0 Å². The molecule has 19 heavy (non-hydrogen) atoms. The molecule has 1 heterocycles. The van der Waals surface area contributed by atoms with E-state index in [1.165, 1.54) is 12.1 Å². The van der Waals surface area contributed by atoms with E-state index in [1.807, 2.05) is 12.1 Å². The first-order valence-electron chi connectivity index (χ1n) is 5.71. The number of hydrogen-bond donors (Lipinski definition) is 2. The van der Waals surface area contributed by atoms with Crippen LogP contribution >= 0.6 is 0 Å². The van der Waals surface area contributed by atoms with Gasteiger partial charge in [0.1, 0.15) is 11.9 Å². The number of carboxylic acids is 1. The molecule has 1 unspecified atom stereocenters. The highest BCUT2D eigenvalue weighted by atomic mass is 16.5. The van der Waals surface area contributed by atoms with Gasteiger partial charge in [-0.15, -0.1) is 0 Å². The number of aliphatic hydroxyl groups is 1. The molecule has 0 radical (unpaired) electrons. The van der Waals surface area contributed by atoms with Gasteiger partial charge in [0, 0.05) is 7.11 Å². The first-order chi connectivity index (χ1) is 9.13. The van der Waals surface area contributed by atoms with Crippen molar-refractivity contribution in [2.75, 3.05) is 7.11 Å². The molecule has 0 fully saturated rings. The van der Waals surface area contributed by atoms with Gasteiger partial charge in [-0.3, -0.25) is 0 Å². The molecule has 2 N–H and O–H groups in total. The lowest BCUT2D eigenvalue weighted by Crippen LogP contribution is -2.04. The molecular formula is C14H14O5. The minimum Gasteiger partial charge on any atom is -0.475 e. The minimum absolute atomic E-state index is 0.195. The zero-order valence-corrected chi connectivity index (χ0v) is 10.4. The van der Waals surface area contributed by atoms with Crippen molar-refractivity contribution in [3.05, 3.63) is 59.0 Å². The highest BCUT2D eigenvalue weighted by molar-refractivity contribution is 5.84. The number of hydrogen-bond acceptors (Lipinski definition) is 4. The van der Waals surface area contributed by atoms with Crippen LogP contribution in [0.5, 0.6) is 0 Å². The first-order valence-corrected chi connectivity index (χ1v) is 5.71. The van der Waals surface area contributed by atoms with Gasteiger partial charge in [0.25, 0.3) is 0 Å². The second-order valence-corrected chi connectivity index (χ2v) is 4.04. The fourth-order valence-corrected chi connectivity index (χ4v) is 1.86. The summed E-state index contributed by atoms with van der Waals surface area (Å²) < 4.78 is 10.2. The molecule has 2 aromatic rings. The Hall–Kier alpha value is -2.11. The van der Waals surface area contributed by atoms with Crippen molar-refractivity contribution in [1.29, 1.82) is 0 Å². The zero-order valence-electron chi connectivity index (χ0n) is 10.4. The Morgan fingerprint density at radius 3 is 2.68 bits per heavy atom. The normalized spacial score (nSPS) is 12.3. The number of methoxy groups -OCH3 is 1. The summed E-state index contributed by atoms with van der Waals surface area (Å²) in [6.07, 6.45) is -1.01. The van der Waals surface area contributed by atoms with Crippen LogP contribution in [-0.2, 0) is 11.3 Å². The summed E-state index contributed by atoms with van der Waals surface area (Å²) in [5, 5.41) is 19.0. The maximum absolute atomic E-state index is 10.7. The van der Waals surface area contributed by atoms with E-state index in [9.17, 15) is 9.90 Å². The van der Waals surface area contributed by atoms with E-state index < -0.39 is 12.1 Å². The fraction of sp³-hybridized carbons (Fsp3) is 0.214. The highest BCUT2D eigenvalue weighted by Gasteiger charge is 2.19. The summed E-state index contributed by atoms with van der Waals surface area (Å²) in [6.45, 7) is 0.361. The van der Waals surface area contributed by atoms with E-state index in [4.69, 9.17) is 14.3 Å². The van der Waals surface area contributed by atoms with Crippen LogP contribution in [-0.4, -0.2) is 23.3 Å². The van der Waals surface area contributed by atoms with Gasteiger partial charge in [-0.05, 0) is 23.3 Å².